The zero-order chi connectivity index (χ0) is 21.8. The summed E-state index contributed by atoms with van der Waals surface area (Å²) in [5.41, 5.74) is 4.05. The van der Waals surface area contributed by atoms with Gasteiger partial charge in [0.15, 0.2) is 0 Å². The van der Waals surface area contributed by atoms with Crippen molar-refractivity contribution in [1.82, 2.24) is 9.88 Å². The van der Waals surface area contributed by atoms with E-state index in [9.17, 15) is 4.79 Å². The molecule has 2 heterocycles. The lowest BCUT2D eigenvalue weighted by Crippen LogP contribution is -2.37. The molecule has 1 aliphatic heterocycles. The number of thiazole rings is 1. The number of hydrogen-bond donors (Lipinski definition) is 0. The number of methoxy groups -OCH3 is 1. The third-order valence-electron chi connectivity index (χ3n) is 5.43. The number of nitrogens with zero attached hydrogens (tertiary/aromatic N) is 3. The molecule has 1 fully saturated rings. The lowest BCUT2D eigenvalue weighted by atomic mass is 10.1. The molecule has 0 atom stereocenters. The van der Waals surface area contributed by atoms with Gasteiger partial charge in [0.1, 0.15) is 15.6 Å². The molecule has 0 saturated carbocycles. The first kappa shape index (κ1) is 21.3. The number of amides is 1. The summed E-state index contributed by atoms with van der Waals surface area (Å²) in [4.78, 5) is 22.7. The predicted octanol–water partition coefficient (Wildman–Crippen LogP) is 4.24. The molecule has 162 valence electrons. The highest BCUT2D eigenvalue weighted by molar-refractivity contribution is 7.17. The van der Waals surface area contributed by atoms with Crippen molar-refractivity contribution in [3.05, 3.63) is 64.7 Å². The van der Waals surface area contributed by atoms with E-state index in [-0.39, 0.29) is 5.91 Å². The van der Waals surface area contributed by atoms with Gasteiger partial charge in [0.25, 0.3) is 5.91 Å². The summed E-state index contributed by atoms with van der Waals surface area (Å²) in [6, 6.07) is 16.0. The van der Waals surface area contributed by atoms with Gasteiger partial charge in [-0.3, -0.25) is 4.79 Å². The van der Waals surface area contributed by atoms with E-state index < -0.39 is 0 Å². The molecular formula is C24H27N3O3S. The Labute approximate surface area is 187 Å². The molecule has 6 nitrogen and oxygen atoms in total. The quantitative estimate of drug-likeness (QED) is 0.578. The zero-order valence-corrected chi connectivity index (χ0v) is 18.9. The number of carbonyl (C=O) groups is 1. The van der Waals surface area contributed by atoms with Gasteiger partial charge in [-0.25, -0.2) is 4.98 Å². The molecule has 0 spiro atoms. The molecule has 0 aliphatic carbocycles. The Balaban J connectivity index is 1.52. The maximum absolute atomic E-state index is 13.2. The van der Waals surface area contributed by atoms with Crippen LogP contribution >= 0.6 is 11.3 Å². The number of ether oxygens (including phenoxy) is 2. The van der Waals surface area contributed by atoms with Gasteiger partial charge in [-0.15, -0.1) is 11.3 Å². The molecule has 0 unspecified atom stereocenters. The first-order valence-corrected chi connectivity index (χ1v) is 11.2. The maximum atomic E-state index is 13.2. The van der Waals surface area contributed by atoms with Crippen LogP contribution in [-0.2, 0) is 11.3 Å². The number of aryl methyl sites for hydroxylation is 1. The fraction of sp³-hybridized carbons (Fsp3) is 0.333. The van der Waals surface area contributed by atoms with E-state index in [1.54, 1.807) is 12.0 Å². The number of para-hydroxylation sites is 1. The first-order chi connectivity index (χ1) is 15.1. The number of hydrogen-bond acceptors (Lipinski definition) is 6. The van der Waals surface area contributed by atoms with Crippen molar-refractivity contribution < 1.29 is 14.3 Å². The molecule has 1 aromatic heterocycles. The summed E-state index contributed by atoms with van der Waals surface area (Å²) in [5.74, 6) is 0.790. The summed E-state index contributed by atoms with van der Waals surface area (Å²) >= 11 is 1.44. The Bertz CT molecular complexity index is 1040. The Hall–Kier alpha value is -2.90. The lowest BCUT2D eigenvalue weighted by molar-refractivity contribution is 0.0788. The van der Waals surface area contributed by atoms with Gasteiger partial charge < -0.3 is 19.3 Å². The van der Waals surface area contributed by atoms with Crippen LogP contribution in [0.15, 0.2) is 48.5 Å². The zero-order valence-electron chi connectivity index (χ0n) is 18.1. The van der Waals surface area contributed by atoms with Crippen LogP contribution in [0.4, 0.5) is 5.69 Å². The average Bonchev–Trinajstić information content (AvgIpc) is 3.21. The summed E-state index contributed by atoms with van der Waals surface area (Å²) in [5, 5.41) is 0.839. The molecule has 4 rings (SSSR count). The van der Waals surface area contributed by atoms with E-state index in [0.717, 1.165) is 53.9 Å². The first-order valence-electron chi connectivity index (χ1n) is 10.3. The van der Waals surface area contributed by atoms with E-state index in [1.165, 1.54) is 17.0 Å². The van der Waals surface area contributed by atoms with Gasteiger partial charge in [0.2, 0.25) is 0 Å². The van der Waals surface area contributed by atoms with Crippen molar-refractivity contribution in [2.45, 2.75) is 13.5 Å². The second-order valence-electron chi connectivity index (χ2n) is 7.55. The van der Waals surface area contributed by atoms with Gasteiger partial charge in [-0.05, 0) is 42.8 Å². The van der Waals surface area contributed by atoms with Crippen molar-refractivity contribution >= 4 is 22.9 Å². The summed E-state index contributed by atoms with van der Waals surface area (Å²) < 4.78 is 10.7. The minimum Gasteiger partial charge on any atom is -0.497 e. The fourth-order valence-electron chi connectivity index (χ4n) is 3.71. The molecule has 3 aromatic rings. The van der Waals surface area contributed by atoms with Crippen LogP contribution in [-0.4, -0.2) is 56.3 Å². The largest absolute Gasteiger partial charge is 0.497 e. The standard InChI is InChI=1S/C24H27N3O3S/c1-17-22(31-23(25-17)18-8-10-20(29-3)11-9-18)24(28)26(2)16-19-6-4-5-7-21(19)27-12-14-30-15-13-27/h4-11H,12-16H2,1-3H3. The highest BCUT2D eigenvalue weighted by Crippen LogP contribution is 2.30. The molecule has 1 aliphatic rings. The summed E-state index contributed by atoms with van der Waals surface area (Å²) in [6.07, 6.45) is 0. The van der Waals surface area contributed by atoms with E-state index in [1.807, 2.05) is 50.4 Å². The third kappa shape index (κ3) is 4.73. The van der Waals surface area contributed by atoms with Gasteiger partial charge in [-0.2, -0.15) is 0 Å². The number of benzene rings is 2. The Morgan fingerprint density at radius 2 is 1.87 bits per heavy atom. The van der Waals surface area contributed by atoms with Crippen LogP contribution in [0.2, 0.25) is 0 Å². The Kier molecular flexibility index (Phi) is 6.53. The second-order valence-corrected chi connectivity index (χ2v) is 8.55. The fourth-order valence-corrected chi connectivity index (χ4v) is 4.78. The predicted molar refractivity (Wildman–Crippen MR) is 124 cm³/mol. The molecule has 0 bridgehead atoms. The molecule has 1 amide bonds. The van der Waals surface area contributed by atoms with Gasteiger partial charge in [-0.1, -0.05) is 18.2 Å². The van der Waals surface area contributed by atoms with Crippen molar-refractivity contribution in [1.29, 1.82) is 0 Å². The average molecular weight is 438 g/mol. The van der Waals surface area contributed by atoms with E-state index in [4.69, 9.17) is 9.47 Å². The summed E-state index contributed by atoms with van der Waals surface area (Å²) in [7, 11) is 3.50. The number of rotatable bonds is 6. The van der Waals surface area contributed by atoms with Crippen molar-refractivity contribution in [2.24, 2.45) is 0 Å². The SMILES string of the molecule is COc1ccc(-c2nc(C)c(C(=O)N(C)Cc3ccccc3N3CCOCC3)s2)cc1. The van der Waals surface area contributed by atoms with Gasteiger partial charge >= 0.3 is 0 Å². The molecule has 0 N–H and O–H groups in total. The van der Waals surface area contributed by atoms with Crippen LogP contribution < -0.4 is 9.64 Å². The van der Waals surface area contributed by atoms with E-state index in [0.29, 0.717) is 11.4 Å². The normalized spacial score (nSPS) is 13.8. The smallest absolute Gasteiger partial charge is 0.265 e. The monoisotopic (exact) mass is 437 g/mol. The second kappa shape index (κ2) is 9.49. The van der Waals surface area contributed by atoms with Crippen molar-refractivity contribution in [3.8, 4) is 16.3 Å². The maximum Gasteiger partial charge on any atom is 0.265 e. The molecule has 1 saturated heterocycles. The molecule has 2 aromatic carbocycles. The number of morpholine rings is 1. The van der Waals surface area contributed by atoms with Crippen molar-refractivity contribution in [2.75, 3.05) is 45.4 Å². The number of anilines is 1. The molecule has 7 heteroatoms. The highest BCUT2D eigenvalue weighted by Gasteiger charge is 2.22. The van der Waals surface area contributed by atoms with E-state index >= 15 is 0 Å². The van der Waals surface area contributed by atoms with Crippen LogP contribution in [0, 0.1) is 6.92 Å². The minimum atomic E-state index is -0.00783. The van der Waals surface area contributed by atoms with Gasteiger partial charge in [0, 0.05) is 37.9 Å². The number of carbonyl (C=O) groups excluding carboxylic acids is 1. The van der Waals surface area contributed by atoms with Crippen LogP contribution in [0.5, 0.6) is 5.75 Å². The molecule has 31 heavy (non-hydrogen) atoms. The lowest BCUT2D eigenvalue weighted by Gasteiger charge is -2.31. The molecule has 0 radical (unpaired) electrons. The van der Waals surface area contributed by atoms with Crippen LogP contribution in [0.25, 0.3) is 10.6 Å². The third-order valence-corrected chi connectivity index (χ3v) is 6.62. The van der Waals surface area contributed by atoms with Crippen molar-refractivity contribution in [3.63, 3.8) is 0 Å². The Morgan fingerprint density at radius 3 is 2.58 bits per heavy atom. The van der Waals surface area contributed by atoms with Crippen LogP contribution in [0.3, 0.4) is 0 Å². The highest BCUT2D eigenvalue weighted by atomic mass is 32.1. The van der Waals surface area contributed by atoms with E-state index in [2.05, 4.69) is 22.0 Å². The summed E-state index contributed by atoms with van der Waals surface area (Å²) in [6.45, 7) is 5.64. The topological polar surface area (TPSA) is 54.9 Å². The van der Waals surface area contributed by atoms with Gasteiger partial charge in [0.05, 0.1) is 26.0 Å². The number of aromatic nitrogens is 1. The Morgan fingerprint density at radius 1 is 1.16 bits per heavy atom. The van der Waals surface area contributed by atoms with Crippen LogP contribution in [0.1, 0.15) is 20.9 Å². The minimum absolute atomic E-state index is 0.00783. The molecular weight excluding hydrogens is 410 g/mol.